The number of anilines is 1. The number of aromatic hydroxyl groups is 1. The smallest absolute Gasteiger partial charge is 0.323 e. The highest BCUT2D eigenvalue weighted by Crippen LogP contribution is 2.41. The number of phenols is 1. The van der Waals surface area contributed by atoms with Crippen LogP contribution in [0.25, 0.3) is 0 Å². The molecule has 0 aliphatic rings. The fraction of sp³-hybridized carbons (Fsp3) is 0.167. The van der Waals surface area contributed by atoms with E-state index in [0.29, 0.717) is 31.7 Å². The minimum atomic E-state index is -1.13. The van der Waals surface area contributed by atoms with Crippen LogP contribution in [0.2, 0.25) is 0 Å². The van der Waals surface area contributed by atoms with Crippen molar-refractivity contribution in [1.82, 2.24) is 0 Å². The van der Waals surface area contributed by atoms with E-state index in [-0.39, 0.29) is 11.7 Å². The van der Waals surface area contributed by atoms with Crippen molar-refractivity contribution in [3.05, 3.63) is 80.7 Å². The molecule has 32 heavy (non-hydrogen) atoms. The van der Waals surface area contributed by atoms with Gasteiger partial charge in [-0.2, -0.15) is 0 Å². The van der Waals surface area contributed by atoms with E-state index in [1.807, 2.05) is 13.8 Å². The van der Waals surface area contributed by atoms with E-state index in [1.54, 1.807) is 60.7 Å². The third-order valence-corrected chi connectivity index (χ3v) is 5.87. The second-order valence-corrected chi connectivity index (χ2v) is 9.08. The molecule has 166 valence electrons. The molecule has 1 amide bonds. The summed E-state index contributed by atoms with van der Waals surface area (Å²) < 4.78 is 7.07. The van der Waals surface area contributed by atoms with Crippen LogP contribution in [0, 0.1) is 0 Å². The van der Waals surface area contributed by atoms with Crippen LogP contribution in [0.5, 0.6) is 17.2 Å². The Morgan fingerprint density at radius 2 is 1.62 bits per heavy atom. The van der Waals surface area contributed by atoms with E-state index in [4.69, 9.17) is 4.74 Å². The number of nitrogens with zero attached hydrogens (tertiary/aromatic N) is 1. The molecule has 0 saturated carbocycles. The fourth-order valence-corrected chi connectivity index (χ4v) is 4.45. The van der Waals surface area contributed by atoms with Gasteiger partial charge in [0.15, 0.2) is 5.75 Å². The number of carboxylic acid groups (broad SMARTS) is 1. The molecule has 0 unspecified atom stereocenters. The van der Waals surface area contributed by atoms with Crippen LogP contribution >= 0.6 is 31.9 Å². The fourth-order valence-electron chi connectivity index (χ4n) is 3.13. The molecule has 0 atom stereocenters. The molecular formula is C24H21Br2NO5. The molecule has 0 fully saturated rings. The summed E-state index contributed by atoms with van der Waals surface area (Å²) in [6.07, 6.45) is 0. The maximum absolute atomic E-state index is 13.0. The number of carbonyl (C=O) groups is 2. The molecule has 0 aliphatic heterocycles. The largest absolute Gasteiger partial charge is 0.508 e. The number of aliphatic carboxylic acids is 1. The highest BCUT2D eigenvalue weighted by atomic mass is 79.9. The monoisotopic (exact) mass is 561 g/mol. The Labute approximate surface area is 202 Å². The summed E-state index contributed by atoms with van der Waals surface area (Å²) in [4.78, 5) is 25.6. The third kappa shape index (κ3) is 5.49. The molecule has 0 saturated heterocycles. The second kappa shape index (κ2) is 10.2. The zero-order valence-corrected chi connectivity index (χ0v) is 20.6. The molecule has 0 spiro atoms. The molecular weight excluding hydrogens is 542 g/mol. The van der Waals surface area contributed by atoms with E-state index in [2.05, 4.69) is 31.9 Å². The van der Waals surface area contributed by atoms with Crippen LogP contribution in [-0.4, -0.2) is 28.6 Å². The quantitative estimate of drug-likeness (QED) is 0.340. The number of carbonyl (C=O) groups excluding carboxylic acids is 1. The first-order chi connectivity index (χ1) is 15.2. The number of amides is 1. The maximum Gasteiger partial charge on any atom is 0.323 e. The molecule has 3 rings (SSSR count). The topological polar surface area (TPSA) is 87.1 Å². The third-order valence-electron chi connectivity index (χ3n) is 4.69. The van der Waals surface area contributed by atoms with Gasteiger partial charge in [-0.25, -0.2) is 0 Å². The highest BCUT2D eigenvalue weighted by molar-refractivity contribution is 9.11. The lowest BCUT2D eigenvalue weighted by molar-refractivity contribution is -0.135. The van der Waals surface area contributed by atoms with Crippen molar-refractivity contribution >= 4 is 49.4 Å². The van der Waals surface area contributed by atoms with Crippen LogP contribution in [0.4, 0.5) is 5.69 Å². The number of ether oxygens (including phenoxy) is 1. The van der Waals surface area contributed by atoms with Gasteiger partial charge in [0.05, 0.1) is 8.95 Å². The Morgan fingerprint density at radius 3 is 2.19 bits per heavy atom. The molecule has 0 aromatic heterocycles. The van der Waals surface area contributed by atoms with Crippen LogP contribution < -0.4 is 9.64 Å². The number of carboxylic acids is 1. The lowest BCUT2D eigenvalue weighted by Crippen LogP contribution is -2.35. The Kier molecular flexibility index (Phi) is 7.58. The van der Waals surface area contributed by atoms with Gasteiger partial charge in [-0.05, 0) is 80.2 Å². The SMILES string of the molecule is CC(C)c1cc(Oc2c(Br)cc(N(CC(=O)O)C(=O)c3ccccc3)cc2Br)ccc1O. The van der Waals surface area contributed by atoms with Crippen molar-refractivity contribution in [2.24, 2.45) is 0 Å². The zero-order valence-electron chi connectivity index (χ0n) is 17.4. The predicted octanol–water partition coefficient (Wildman–Crippen LogP) is 6.56. The number of rotatable bonds is 7. The Balaban J connectivity index is 1.96. The predicted molar refractivity (Wildman–Crippen MR) is 130 cm³/mol. The summed E-state index contributed by atoms with van der Waals surface area (Å²) in [5.74, 6) is -0.265. The normalized spacial score (nSPS) is 10.8. The van der Waals surface area contributed by atoms with Crippen molar-refractivity contribution in [3.63, 3.8) is 0 Å². The average molecular weight is 563 g/mol. The number of phenolic OH excluding ortho intramolecular Hbond substituents is 1. The number of benzene rings is 3. The van der Waals surface area contributed by atoms with E-state index in [9.17, 15) is 19.8 Å². The van der Waals surface area contributed by atoms with Gasteiger partial charge >= 0.3 is 5.97 Å². The van der Waals surface area contributed by atoms with Crippen LogP contribution in [0.3, 0.4) is 0 Å². The minimum Gasteiger partial charge on any atom is -0.508 e. The van der Waals surface area contributed by atoms with Crippen molar-refractivity contribution in [2.45, 2.75) is 19.8 Å². The molecule has 2 N–H and O–H groups in total. The average Bonchev–Trinajstić information content (AvgIpc) is 2.75. The molecule has 0 radical (unpaired) electrons. The zero-order chi connectivity index (χ0) is 23.4. The number of halogens is 2. The van der Waals surface area contributed by atoms with E-state index in [0.717, 1.165) is 5.56 Å². The van der Waals surface area contributed by atoms with Gasteiger partial charge in [-0.1, -0.05) is 32.0 Å². The summed E-state index contributed by atoms with van der Waals surface area (Å²) in [6.45, 7) is 3.45. The van der Waals surface area contributed by atoms with Crippen LogP contribution in [0.15, 0.2) is 69.6 Å². The van der Waals surface area contributed by atoms with Crippen LogP contribution in [-0.2, 0) is 4.79 Å². The maximum atomic E-state index is 13.0. The first kappa shape index (κ1) is 23.8. The van der Waals surface area contributed by atoms with Gasteiger partial charge in [0, 0.05) is 16.8 Å². The van der Waals surface area contributed by atoms with Gasteiger partial charge < -0.3 is 14.9 Å². The lowest BCUT2D eigenvalue weighted by Gasteiger charge is -2.23. The van der Waals surface area contributed by atoms with Crippen molar-refractivity contribution < 1.29 is 24.5 Å². The first-order valence-electron chi connectivity index (χ1n) is 9.76. The first-order valence-corrected chi connectivity index (χ1v) is 11.3. The Hall–Kier alpha value is -2.84. The molecule has 8 heteroatoms. The molecule has 0 aliphatic carbocycles. The Morgan fingerprint density at radius 1 is 1.00 bits per heavy atom. The van der Waals surface area contributed by atoms with Gasteiger partial charge in [0.1, 0.15) is 18.0 Å². The molecule has 6 nitrogen and oxygen atoms in total. The van der Waals surface area contributed by atoms with E-state index in [1.165, 1.54) is 4.90 Å². The standard InChI is InChI=1S/C24H21Br2NO5/c1-14(2)18-12-17(8-9-21(18)28)32-23-19(25)10-16(11-20(23)26)27(13-22(29)30)24(31)15-6-4-3-5-7-15/h3-12,14,28H,13H2,1-2H3,(H,29,30). The van der Waals surface area contributed by atoms with Gasteiger partial charge in [0.2, 0.25) is 0 Å². The molecule has 0 heterocycles. The van der Waals surface area contributed by atoms with Gasteiger partial charge in [-0.3, -0.25) is 14.5 Å². The summed E-state index contributed by atoms with van der Waals surface area (Å²) in [7, 11) is 0. The van der Waals surface area contributed by atoms with Crippen LogP contribution in [0.1, 0.15) is 35.7 Å². The second-order valence-electron chi connectivity index (χ2n) is 7.37. The molecule has 3 aromatic rings. The summed E-state index contributed by atoms with van der Waals surface area (Å²) in [5, 5.41) is 19.4. The van der Waals surface area contributed by atoms with Crippen molar-refractivity contribution in [3.8, 4) is 17.2 Å². The lowest BCUT2D eigenvalue weighted by atomic mass is 10.0. The summed E-state index contributed by atoms with van der Waals surface area (Å²) in [5.41, 5.74) is 1.53. The van der Waals surface area contributed by atoms with Gasteiger partial charge in [0.25, 0.3) is 5.91 Å². The highest BCUT2D eigenvalue weighted by Gasteiger charge is 2.23. The van der Waals surface area contributed by atoms with E-state index < -0.39 is 18.4 Å². The number of hydrogen-bond acceptors (Lipinski definition) is 4. The van der Waals surface area contributed by atoms with E-state index >= 15 is 0 Å². The van der Waals surface area contributed by atoms with Crippen molar-refractivity contribution in [2.75, 3.05) is 11.4 Å². The molecule has 3 aromatic carbocycles. The van der Waals surface area contributed by atoms with Crippen molar-refractivity contribution in [1.29, 1.82) is 0 Å². The van der Waals surface area contributed by atoms with Gasteiger partial charge in [-0.15, -0.1) is 0 Å². The minimum absolute atomic E-state index is 0.112. The summed E-state index contributed by atoms with van der Waals surface area (Å²) >= 11 is 6.94. The number of hydrogen-bond donors (Lipinski definition) is 2. The Bertz CT molecular complexity index is 1130. The summed E-state index contributed by atoms with van der Waals surface area (Å²) in [6, 6.07) is 16.8. The molecule has 0 bridgehead atoms.